The van der Waals surface area contributed by atoms with Gasteiger partial charge in [-0.3, -0.25) is 10.6 Å². The molecule has 1 aromatic rings. The molecule has 17 heavy (non-hydrogen) atoms. The summed E-state index contributed by atoms with van der Waals surface area (Å²) >= 11 is 1.98. The van der Waals surface area contributed by atoms with Gasteiger partial charge < -0.3 is 0 Å². The summed E-state index contributed by atoms with van der Waals surface area (Å²) in [4.78, 5) is 0. The highest BCUT2D eigenvalue weighted by Crippen LogP contribution is 2.27. The van der Waals surface area contributed by atoms with Crippen molar-refractivity contribution in [3.63, 3.8) is 0 Å². The minimum Gasteiger partial charge on any atom is -0.289 e. The van der Waals surface area contributed by atoms with E-state index >= 15 is 0 Å². The van der Waals surface area contributed by atoms with Gasteiger partial charge in [-0.25, -0.2) is 0 Å². The number of benzene rings is 1. The Labute approximate surface area is 108 Å². The van der Waals surface area contributed by atoms with Crippen LogP contribution in [0, 0.1) is 0 Å². The molecule has 0 bridgehead atoms. The second kappa shape index (κ2) is 5.42. The van der Waals surface area contributed by atoms with Gasteiger partial charge in [0.2, 0.25) is 0 Å². The highest BCUT2D eigenvalue weighted by molar-refractivity contribution is 7.99. The lowest BCUT2D eigenvalue weighted by molar-refractivity contribution is 0.374. The number of fused-ring (bicyclic) bond motifs is 1. The van der Waals surface area contributed by atoms with Crippen molar-refractivity contribution in [2.24, 2.45) is 0 Å². The molecule has 3 rings (SSSR count). The Morgan fingerprint density at radius 2 is 1.65 bits per heavy atom. The van der Waals surface area contributed by atoms with Crippen molar-refractivity contribution in [2.45, 2.75) is 49.0 Å². The van der Waals surface area contributed by atoms with Gasteiger partial charge in [0, 0.05) is 17.8 Å². The molecule has 1 saturated carbocycles. The second-order valence-corrected chi connectivity index (χ2v) is 6.10. The largest absolute Gasteiger partial charge is 0.289 e. The molecule has 1 saturated heterocycles. The summed E-state index contributed by atoms with van der Waals surface area (Å²) in [5.41, 5.74) is 1.86. The van der Waals surface area contributed by atoms with Crippen LogP contribution in [0.15, 0.2) is 30.3 Å². The molecule has 2 unspecified atom stereocenters. The van der Waals surface area contributed by atoms with E-state index in [9.17, 15) is 0 Å². The van der Waals surface area contributed by atoms with Crippen molar-refractivity contribution >= 4 is 11.8 Å². The number of thioether (sulfide) groups is 1. The molecule has 1 heterocycles. The summed E-state index contributed by atoms with van der Waals surface area (Å²) in [6, 6.07) is 12.2. The van der Waals surface area contributed by atoms with Gasteiger partial charge in [-0.15, -0.1) is 11.8 Å². The van der Waals surface area contributed by atoms with Crippen LogP contribution in [0.2, 0.25) is 0 Å². The smallest absolute Gasteiger partial charge is 0.106 e. The van der Waals surface area contributed by atoms with Gasteiger partial charge in [0.15, 0.2) is 0 Å². The molecule has 2 atom stereocenters. The van der Waals surface area contributed by atoms with Gasteiger partial charge in [-0.2, -0.15) is 0 Å². The normalized spacial score (nSPS) is 32.4. The third-order valence-electron chi connectivity index (χ3n) is 3.76. The van der Waals surface area contributed by atoms with Crippen LogP contribution >= 0.6 is 11.8 Å². The Kier molecular flexibility index (Phi) is 3.69. The van der Waals surface area contributed by atoms with E-state index in [1.165, 1.54) is 31.2 Å². The standard InChI is InChI=1S/C14H20N2S/c1-2-6-11(7-3-1)10-17-14-15-12-8-4-5-9-13(12)16-14/h1-3,6-7,12-16H,4-5,8-10H2. The van der Waals surface area contributed by atoms with Crippen LogP contribution in [-0.2, 0) is 5.75 Å². The predicted molar refractivity (Wildman–Crippen MR) is 73.8 cm³/mol. The van der Waals surface area contributed by atoms with Crippen LogP contribution in [0.25, 0.3) is 0 Å². The summed E-state index contributed by atoms with van der Waals surface area (Å²) in [7, 11) is 0. The number of hydrogen-bond donors (Lipinski definition) is 2. The maximum absolute atomic E-state index is 3.71. The molecule has 0 aromatic heterocycles. The third-order valence-corrected chi connectivity index (χ3v) is 4.86. The van der Waals surface area contributed by atoms with Crippen LogP contribution in [0.3, 0.4) is 0 Å². The van der Waals surface area contributed by atoms with Gasteiger partial charge in [0.1, 0.15) is 5.50 Å². The first kappa shape index (κ1) is 11.6. The average molecular weight is 248 g/mol. The van der Waals surface area contributed by atoms with Crippen molar-refractivity contribution in [3.8, 4) is 0 Å². The van der Waals surface area contributed by atoms with Crippen LogP contribution < -0.4 is 10.6 Å². The molecule has 2 N–H and O–H groups in total. The summed E-state index contributed by atoms with van der Waals surface area (Å²) < 4.78 is 0. The van der Waals surface area contributed by atoms with Crippen molar-refractivity contribution in [1.29, 1.82) is 0 Å². The van der Waals surface area contributed by atoms with E-state index in [0.717, 1.165) is 17.8 Å². The molecule has 2 aliphatic rings. The fourth-order valence-corrected chi connectivity index (χ4v) is 3.91. The van der Waals surface area contributed by atoms with Crippen LogP contribution in [0.1, 0.15) is 31.2 Å². The lowest BCUT2D eigenvalue weighted by Crippen LogP contribution is -2.36. The van der Waals surface area contributed by atoms with Crippen molar-refractivity contribution in [3.05, 3.63) is 35.9 Å². The second-order valence-electron chi connectivity index (χ2n) is 5.01. The first-order valence-electron chi connectivity index (χ1n) is 6.59. The fraction of sp³-hybridized carbons (Fsp3) is 0.571. The lowest BCUT2D eigenvalue weighted by atomic mass is 9.92. The number of nitrogens with one attached hydrogen (secondary N) is 2. The third kappa shape index (κ3) is 2.84. The maximum Gasteiger partial charge on any atom is 0.106 e. The quantitative estimate of drug-likeness (QED) is 0.860. The zero-order valence-electron chi connectivity index (χ0n) is 10.1. The van der Waals surface area contributed by atoms with Gasteiger partial charge in [0.05, 0.1) is 0 Å². The first-order valence-corrected chi connectivity index (χ1v) is 7.64. The van der Waals surface area contributed by atoms with Gasteiger partial charge >= 0.3 is 0 Å². The van der Waals surface area contributed by atoms with Crippen molar-refractivity contribution in [2.75, 3.05) is 0 Å². The minimum absolute atomic E-state index is 0.448. The predicted octanol–water partition coefficient (Wildman–Crippen LogP) is 2.71. The maximum atomic E-state index is 3.71. The summed E-state index contributed by atoms with van der Waals surface area (Å²) in [6.45, 7) is 0. The lowest BCUT2D eigenvalue weighted by Gasteiger charge is -2.23. The molecular formula is C14H20N2S. The summed E-state index contributed by atoms with van der Waals surface area (Å²) in [6.07, 6.45) is 5.48. The highest BCUT2D eigenvalue weighted by Gasteiger charge is 2.34. The summed E-state index contributed by atoms with van der Waals surface area (Å²) in [5, 5.41) is 7.43. The molecular weight excluding hydrogens is 228 g/mol. The van der Waals surface area contributed by atoms with Crippen LogP contribution in [0.4, 0.5) is 0 Å². The molecule has 0 spiro atoms. The zero-order chi connectivity index (χ0) is 11.5. The van der Waals surface area contributed by atoms with Crippen LogP contribution in [-0.4, -0.2) is 17.6 Å². The Bertz CT molecular complexity index is 340. The first-order chi connectivity index (χ1) is 8.42. The van der Waals surface area contributed by atoms with E-state index in [4.69, 9.17) is 0 Å². The molecule has 92 valence electrons. The van der Waals surface area contributed by atoms with E-state index in [2.05, 4.69) is 41.0 Å². The van der Waals surface area contributed by atoms with Crippen molar-refractivity contribution < 1.29 is 0 Å². The molecule has 0 radical (unpaired) electrons. The van der Waals surface area contributed by atoms with E-state index in [1.807, 2.05) is 11.8 Å². The molecule has 1 aliphatic carbocycles. The van der Waals surface area contributed by atoms with E-state index in [0.29, 0.717) is 5.50 Å². The molecule has 2 nitrogen and oxygen atoms in total. The van der Waals surface area contributed by atoms with E-state index < -0.39 is 0 Å². The van der Waals surface area contributed by atoms with Gasteiger partial charge in [-0.1, -0.05) is 43.2 Å². The van der Waals surface area contributed by atoms with Crippen LogP contribution in [0.5, 0.6) is 0 Å². The van der Waals surface area contributed by atoms with E-state index in [1.54, 1.807) is 0 Å². The number of hydrogen-bond acceptors (Lipinski definition) is 3. The Balaban J connectivity index is 1.50. The van der Waals surface area contributed by atoms with Gasteiger partial charge in [-0.05, 0) is 18.4 Å². The molecule has 2 fully saturated rings. The Morgan fingerprint density at radius 3 is 2.29 bits per heavy atom. The zero-order valence-corrected chi connectivity index (χ0v) is 10.9. The fourth-order valence-electron chi connectivity index (χ4n) is 2.82. The topological polar surface area (TPSA) is 24.1 Å². The minimum atomic E-state index is 0.448. The Morgan fingerprint density at radius 1 is 1.00 bits per heavy atom. The molecule has 1 aliphatic heterocycles. The van der Waals surface area contributed by atoms with Gasteiger partial charge in [0.25, 0.3) is 0 Å². The average Bonchev–Trinajstić information content (AvgIpc) is 2.80. The molecule has 1 aromatic carbocycles. The SMILES string of the molecule is c1ccc(CSC2NC3CCCCC3N2)cc1. The van der Waals surface area contributed by atoms with Crippen molar-refractivity contribution in [1.82, 2.24) is 10.6 Å². The molecule has 0 amide bonds. The monoisotopic (exact) mass is 248 g/mol. The molecule has 3 heteroatoms. The Hall–Kier alpha value is -0.510. The summed E-state index contributed by atoms with van der Waals surface area (Å²) in [5.74, 6) is 1.09. The highest BCUT2D eigenvalue weighted by atomic mass is 32.2. The number of rotatable bonds is 3. The van der Waals surface area contributed by atoms with E-state index in [-0.39, 0.29) is 0 Å².